The molecular formula is C27H30F12N2O5. The zero-order chi connectivity index (χ0) is 35.4. The second-order valence-electron chi connectivity index (χ2n) is 9.80. The third-order valence-electron chi connectivity index (χ3n) is 6.21. The van der Waals surface area contributed by atoms with Gasteiger partial charge >= 0.3 is 35.9 Å². The molecule has 3 atom stereocenters. The molecule has 0 aliphatic carbocycles. The fourth-order valence-electron chi connectivity index (χ4n) is 3.60. The van der Waals surface area contributed by atoms with Gasteiger partial charge < -0.3 is 18.9 Å². The first-order valence-electron chi connectivity index (χ1n) is 13.4. The predicted octanol–water partition coefficient (Wildman–Crippen LogP) is 8.33. The molecule has 19 heteroatoms. The van der Waals surface area contributed by atoms with Crippen LogP contribution in [0.1, 0.15) is 46.1 Å². The van der Waals surface area contributed by atoms with Gasteiger partial charge in [0, 0.05) is 25.1 Å². The van der Waals surface area contributed by atoms with Gasteiger partial charge in [-0.05, 0) is 63.4 Å². The smallest absolute Gasteiger partial charge is 0.428 e. The molecule has 0 N–H and O–H groups in total. The molecule has 0 aliphatic rings. The van der Waals surface area contributed by atoms with Crippen molar-refractivity contribution in [3.8, 4) is 17.1 Å². The molecule has 7 nitrogen and oxygen atoms in total. The van der Waals surface area contributed by atoms with E-state index in [0.717, 1.165) is 44.6 Å². The summed E-state index contributed by atoms with van der Waals surface area (Å²) in [5.41, 5.74) is 0.857. The van der Waals surface area contributed by atoms with Gasteiger partial charge in [-0.25, -0.2) is 9.97 Å². The summed E-state index contributed by atoms with van der Waals surface area (Å²) in [6.45, 7) is 4.60. The highest BCUT2D eigenvalue weighted by Crippen LogP contribution is 2.60. The topological polar surface area (TPSA) is 71.9 Å². The first kappa shape index (κ1) is 39.3. The van der Waals surface area contributed by atoms with Crippen LogP contribution in [-0.4, -0.2) is 71.9 Å². The fourth-order valence-corrected chi connectivity index (χ4v) is 3.60. The van der Waals surface area contributed by atoms with Gasteiger partial charge in [-0.3, -0.25) is 4.74 Å². The van der Waals surface area contributed by atoms with Gasteiger partial charge in [-0.2, -0.15) is 52.7 Å². The molecule has 1 heterocycles. The van der Waals surface area contributed by atoms with E-state index in [-0.39, 0.29) is 11.4 Å². The Kier molecular flexibility index (Phi) is 12.4. The Hall–Kier alpha value is -2.90. The highest BCUT2D eigenvalue weighted by atomic mass is 19.4. The van der Waals surface area contributed by atoms with Gasteiger partial charge in [-0.1, -0.05) is 13.3 Å². The maximum absolute atomic E-state index is 14.3. The first-order chi connectivity index (χ1) is 21.0. The minimum Gasteiger partial charge on any atom is -0.428 e. The second kappa shape index (κ2) is 14.5. The van der Waals surface area contributed by atoms with E-state index in [2.05, 4.69) is 28.9 Å². The van der Waals surface area contributed by atoms with Crippen molar-refractivity contribution in [1.29, 1.82) is 0 Å². The minimum absolute atomic E-state index is 0.0201. The van der Waals surface area contributed by atoms with E-state index >= 15 is 0 Å². The molecule has 0 saturated heterocycles. The van der Waals surface area contributed by atoms with Gasteiger partial charge in [-0.15, -0.1) is 0 Å². The number of hydrogen-bond acceptors (Lipinski definition) is 7. The number of halogens is 12. The van der Waals surface area contributed by atoms with Crippen molar-refractivity contribution >= 4 is 0 Å². The molecule has 262 valence electrons. The van der Waals surface area contributed by atoms with Crippen molar-refractivity contribution < 1.29 is 76.4 Å². The number of nitrogens with zero attached hydrogens (tertiary/aromatic N) is 2. The van der Waals surface area contributed by atoms with Crippen LogP contribution in [0.5, 0.6) is 5.75 Å². The lowest BCUT2D eigenvalue weighted by Crippen LogP contribution is -2.71. The second-order valence-corrected chi connectivity index (χ2v) is 9.80. The lowest BCUT2D eigenvalue weighted by molar-refractivity contribution is -0.481. The van der Waals surface area contributed by atoms with Gasteiger partial charge in [0.25, 0.3) is 0 Å². The summed E-state index contributed by atoms with van der Waals surface area (Å²) in [6.07, 6.45) is -13.4. The van der Waals surface area contributed by atoms with Crippen molar-refractivity contribution in [2.75, 3.05) is 7.11 Å². The van der Waals surface area contributed by atoms with E-state index < -0.39 is 60.5 Å². The Morgan fingerprint density at radius 1 is 0.652 bits per heavy atom. The Morgan fingerprint density at radius 3 is 1.61 bits per heavy atom. The van der Waals surface area contributed by atoms with Crippen LogP contribution in [-0.2, 0) is 25.4 Å². The molecule has 1 aromatic heterocycles. The molecule has 46 heavy (non-hydrogen) atoms. The maximum Gasteiger partial charge on any atom is 0.471 e. The van der Waals surface area contributed by atoms with Crippen LogP contribution in [0, 0.1) is 0 Å². The predicted molar refractivity (Wildman–Crippen MR) is 135 cm³/mol. The van der Waals surface area contributed by atoms with Crippen molar-refractivity contribution in [3.63, 3.8) is 0 Å². The summed E-state index contributed by atoms with van der Waals surface area (Å²) in [4.78, 5) is 8.06. The van der Waals surface area contributed by atoms with Crippen LogP contribution < -0.4 is 4.74 Å². The monoisotopic (exact) mass is 690 g/mol. The minimum atomic E-state index is -7.88. The summed E-state index contributed by atoms with van der Waals surface area (Å²) in [5.74, 6) is -32.1. The summed E-state index contributed by atoms with van der Waals surface area (Å²) in [5, 5.41) is 0. The molecule has 3 unspecified atom stereocenters. The molecule has 1 aromatic carbocycles. The molecule has 0 saturated carbocycles. The number of ether oxygens (including phenoxy) is 5. The molecule has 0 bridgehead atoms. The van der Waals surface area contributed by atoms with Crippen molar-refractivity contribution in [2.45, 2.75) is 102 Å². The van der Waals surface area contributed by atoms with Crippen LogP contribution in [0.3, 0.4) is 0 Å². The summed E-state index contributed by atoms with van der Waals surface area (Å²) < 4.78 is 192. The van der Waals surface area contributed by atoms with Crippen LogP contribution in [0.2, 0.25) is 0 Å². The SMILES string of the molecule is CCCCc1cnc(-c2ccc(OC(F)(F)C(F)(F)C(F)(F)C(F)(F)C(F)(F)C(F)(F)OC(C)OC(C)OC(C)OC)cc2)nc1. The zero-order valence-electron chi connectivity index (χ0n) is 24.8. The Bertz CT molecular complexity index is 1250. The van der Waals surface area contributed by atoms with Crippen molar-refractivity contribution in [1.82, 2.24) is 9.97 Å². The third kappa shape index (κ3) is 8.14. The average Bonchev–Trinajstić information content (AvgIpc) is 2.95. The molecule has 0 radical (unpaired) electrons. The average molecular weight is 691 g/mol. The standard InChI is InChI=1S/C27H30F12N2O5/c1-6-7-8-18-13-40-21(41-14-18)19-9-11-20(12-10-19)46-27(38,39)25(34,35)23(30,31)22(28,29)24(32,33)26(36,37)45-17(4)44-16(3)43-15(2)42-5/h9-17H,6-8H2,1-5H3. The summed E-state index contributed by atoms with van der Waals surface area (Å²) in [7, 11) is 1.12. The number of methoxy groups -OCH3 is 1. The zero-order valence-corrected chi connectivity index (χ0v) is 24.8. The molecule has 0 aliphatic heterocycles. The normalized spacial score (nSPS) is 15.8. The Morgan fingerprint density at radius 2 is 1.13 bits per heavy atom. The van der Waals surface area contributed by atoms with Gasteiger partial charge in [0.1, 0.15) is 5.75 Å². The molecule has 0 fully saturated rings. The van der Waals surface area contributed by atoms with Crippen LogP contribution in [0.4, 0.5) is 52.7 Å². The van der Waals surface area contributed by atoms with Crippen molar-refractivity contribution in [2.24, 2.45) is 0 Å². The molecule has 2 rings (SSSR count). The fraction of sp³-hybridized carbons (Fsp3) is 0.630. The van der Waals surface area contributed by atoms with Gasteiger partial charge in [0.05, 0.1) is 0 Å². The van der Waals surface area contributed by atoms with Gasteiger partial charge in [0.2, 0.25) is 0 Å². The number of unbranched alkanes of at least 4 members (excludes halogenated alkanes) is 1. The van der Waals surface area contributed by atoms with Gasteiger partial charge in [0.15, 0.2) is 24.7 Å². The first-order valence-corrected chi connectivity index (χ1v) is 13.4. The summed E-state index contributed by atoms with van der Waals surface area (Å²) >= 11 is 0. The molecular weight excluding hydrogens is 660 g/mol. The highest BCUT2D eigenvalue weighted by molar-refractivity contribution is 5.56. The number of hydrogen-bond donors (Lipinski definition) is 0. The number of aryl methyl sites for hydroxylation is 1. The largest absolute Gasteiger partial charge is 0.471 e. The molecule has 0 amide bonds. The van der Waals surface area contributed by atoms with E-state index in [9.17, 15) is 52.7 Å². The number of rotatable bonds is 18. The Balaban J connectivity index is 2.26. The maximum atomic E-state index is 14.3. The quantitative estimate of drug-likeness (QED) is 0.115. The number of benzene rings is 1. The number of alkyl halides is 12. The lowest BCUT2D eigenvalue weighted by Gasteiger charge is -2.40. The Labute approximate surface area is 255 Å². The van der Waals surface area contributed by atoms with E-state index in [4.69, 9.17) is 4.74 Å². The van der Waals surface area contributed by atoms with Crippen LogP contribution >= 0.6 is 0 Å². The molecule has 0 spiro atoms. The number of aromatic nitrogens is 2. The van der Waals surface area contributed by atoms with Crippen LogP contribution in [0.15, 0.2) is 36.7 Å². The molecule has 2 aromatic rings. The van der Waals surface area contributed by atoms with E-state index in [1.54, 1.807) is 0 Å². The lowest BCUT2D eigenvalue weighted by atomic mass is 9.97. The summed E-state index contributed by atoms with van der Waals surface area (Å²) in [6, 6.07) is 2.85. The highest BCUT2D eigenvalue weighted by Gasteiger charge is 2.91. The van der Waals surface area contributed by atoms with E-state index in [1.165, 1.54) is 19.3 Å². The van der Waals surface area contributed by atoms with Crippen molar-refractivity contribution in [3.05, 3.63) is 42.2 Å². The van der Waals surface area contributed by atoms with E-state index in [0.29, 0.717) is 25.5 Å². The van der Waals surface area contributed by atoms with Crippen LogP contribution in [0.25, 0.3) is 11.4 Å². The van der Waals surface area contributed by atoms with E-state index in [1.807, 2.05) is 6.92 Å². The third-order valence-corrected chi connectivity index (χ3v) is 6.21.